The van der Waals surface area contributed by atoms with Gasteiger partial charge in [0.05, 0.1) is 10.7 Å². The summed E-state index contributed by atoms with van der Waals surface area (Å²) in [6, 6.07) is 10.3. The molecule has 132 valence electrons. The average Bonchev–Trinajstić information content (AvgIpc) is 2.56. The van der Waals surface area contributed by atoms with Gasteiger partial charge >= 0.3 is 0 Å². The highest BCUT2D eigenvalue weighted by Crippen LogP contribution is 2.23. The minimum Gasteiger partial charge on any atom is -0.483 e. The predicted molar refractivity (Wildman–Crippen MR) is 103 cm³/mol. The van der Waals surface area contributed by atoms with E-state index in [9.17, 15) is 4.79 Å². The van der Waals surface area contributed by atoms with Crippen molar-refractivity contribution in [2.24, 2.45) is 5.10 Å². The molecule has 2 rings (SSSR count). The third-order valence-corrected chi connectivity index (χ3v) is 4.17. The largest absolute Gasteiger partial charge is 0.483 e. The van der Waals surface area contributed by atoms with Gasteiger partial charge in [-0.05, 0) is 49.2 Å². The Hall–Kier alpha value is -1.75. The van der Waals surface area contributed by atoms with Crippen molar-refractivity contribution in [2.75, 3.05) is 6.61 Å². The average molecular weight is 400 g/mol. The van der Waals surface area contributed by atoms with Crippen molar-refractivity contribution < 1.29 is 9.53 Å². The van der Waals surface area contributed by atoms with Crippen LogP contribution < -0.4 is 10.2 Å². The van der Waals surface area contributed by atoms with Crippen LogP contribution in [0.25, 0.3) is 0 Å². The Bertz CT molecular complexity index is 807. The Kier molecular flexibility index (Phi) is 7.12. The topological polar surface area (TPSA) is 50.7 Å². The van der Waals surface area contributed by atoms with Gasteiger partial charge in [-0.1, -0.05) is 47.8 Å². The molecule has 1 N–H and O–H groups in total. The number of hydrazone groups is 1. The lowest BCUT2D eigenvalue weighted by Gasteiger charge is -2.10. The first-order valence-electron chi connectivity index (χ1n) is 7.60. The molecule has 25 heavy (non-hydrogen) atoms. The molecule has 0 unspecified atom stereocenters. The molecule has 0 bridgehead atoms. The number of rotatable bonds is 6. The van der Waals surface area contributed by atoms with E-state index in [1.165, 1.54) is 0 Å². The fraction of sp³-hybridized carbons (Fsp3) is 0.222. The lowest BCUT2D eigenvalue weighted by molar-refractivity contribution is -0.123. The van der Waals surface area contributed by atoms with Gasteiger partial charge in [0.2, 0.25) is 0 Å². The number of nitrogens with zero attached hydrogens (tertiary/aromatic N) is 1. The number of nitrogens with one attached hydrogen (secondary N) is 1. The van der Waals surface area contributed by atoms with Crippen LogP contribution in [0.3, 0.4) is 0 Å². The van der Waals surface area contributed by atoms with Crippen LogP contribution in [-0.4, -0.2) is 18.2 Å². The zero-order chi connectivity index (χ0) is 18.4. The summed E-state index contributed by atoms with van der Waals surface area (Å²) in [6.07, 6.45) is 0.596. The van der Waals surface area contributed by atoms with E-state index in [0.29, 0.717) is 32.9 Å². The van der Waals surface area contributed by atoms with Crippen LogP contribution in [-0.2, 0) is 4.79 Å². The first-order valence-corrected chi connectivity index (χ1v) is 8.74. The zero-order valence-electron chi connectivity index (χ0n) is 13.8. The highest BCUT2D eigenvalue weighted by atomic mass is 35.5. The number of hydrogen-bond acceptors (Lipinski definition) is 3. The van der Waals surface area contributed by atoms with E-state index >= 15 is 0 Å². The molecule has 0 heterocycles. The molecular weight excluding hydrogens is 383 g/mol. The third-order valence-electron chi connectivity index (χ3n) is 3.39. The molecule has 0 aliphatic heterocycles. The van der Waals surface area contributed by atoms with Crippen molar-refractivity contribution in [3.05, 3.63) is 62.6 Å². The number of carbonyl (C=O) groups is 1. The fourth-order valence-electron chi connectivity index (χ4n) is 2.13. The Morgan fingerprint density at radius 2 is 1.80 bits per heavy atom. The lowest BCUT2D eigenvalue weighted by atomic mass is 10.1. The number of ether oxygens (including phenoxy) is 1. The van der Waals surface area contributed by atoms with Crippen molar-refractivity contribution in [1.82, 2.24) is 5.43 Å². The summed E-state index contributed by atoms with van der Waals surface area (Å²) in [4.78, 5) is 12.0. The molecule has 0 spiro atoms. The monoisotopic (exact) mass is 398 g/mol. The molecular formula is C18H17Cl3N2O2. The normalized spacial score (nSPS) is 11.3. The standard InChI is InChI=1S/C18H17Cl3N2O2/c1-3-16(14-6-4-13(20)9-15(14)21)22-23-18(24)10-25-17-7-5-12(19)8-11(17)2/h4-9H,3,10H2,1-2H3,(H,23,24)/b22-16+. The summed E-state index contributed by atoms with van der Waals surface area (Å²) in [5.41, 5.74) is 4.71. The summed E-state index contributed by atoms with van der Waals surface area (Å²) in [5, 5.41) is 5.78. The van der Waals surface area contributed by atoms with Crippen molar-refractivity contribution in [3.63, 3.8) is 0 Å². The van der Waals surface area contributed by atoms with Crippen LogP contribution in [0.2, 0.25) is 15.1 Å². The molecule has 2 aromatic carbocycles. The number of carbonyl (C=O) groups excluding carboxylic acids is 1. The van der Waals surface area contributed by atoms with Crippen LogP contribution in [0.1, 0.15) is 24.5 Å². The summed E-state index contributed by atoms with van der Waals surface area (Å²) < 4.78 is 5.48. The Morgan fingerprint density at radius 3 is 2.44 bits per heavy atom. The summed E-state index contributed by atoms with van der Waals surface area (Å²) in [7, 11) is 0. The molecule has 4 nitrogen and oxygen atoms in total. The molecule has 0 fully saturated rings. The molecule has 0 atom stereocenters. The Morgan fingerprint density at radius 1 is 1.12 bits per heavy atom. The predicted octanol–water partition coefficient (Wildman–Crippen LogP) is 5.26. The minimum atomic E-state index is -0.370. The molecule has 7 heteroatoms. The number of halogens is 3. The van der Waals surface area contributed by atoms with E-state index in [0.717, 1.165) is 11.1 Å². The smallest absolute Gasteiger partial charge is 0.277 e. The van der Waals surface area contributed by atoms with Crippen LogP contribution in [0, 0.1) is 6.92 Å². The molecule has 0 aliphatic carbocycles. The second-order valence-electron chi connectivity index (χ2n) is 5.27. The minimum absolute atomic E-state index is 0.155. The maximum Gasteiger partial charge on any atom is 0.277 e. The van der Waals surface area contributed by atoms with Gasteiger partial charge in [0.1, 0.15) is 5.75 Å². The van der Waals surface area contributed by atoms with Gasteiger partial charge in [-0.25, -0.2) is 5.43 Å². The van der Waals surface area contributed by atoms with E-state index in [1.54, 1.807) is 36.4 Å². The van der Waals surface area contributed by atoms with Crippen LogP contribution >= 0.6 is 34.8 Å². The SMILES string of the molecule is CC/C(=N\NC(=O)COc1ccc(Cl)cc1C)c1ccc(Cl)cc1Cl. The number of aryl methyl sites for hydroxylation is 1. The van der Waals surface area contributed by atoms with E-state index in [4.69, 9.17) is 39.5 Å². The van der Waals surface area contributed by atoms with Crippen molar-refractivity contribution in [2.45, 2.75) is 20.3 Å². The summed E-state index contributed by atoms with van der Waals surface area (Å²) in [6.45, 7) is 3.62. The van der Waals surface area contributed by atoms with Gasteiger partial charge in [-0.2, -0.15) is 5.10 Å². The summed E-state index contributed by atoms with van der Waals surface area (Å²) in [5.74, 6) is 0.227. The maximum absolute atomic E-state index is 12.0. The van der Waals surface area contributed by atoms with E-state index < -0.39 is 0 Å². The van der Waals surface area contributed by atoms with Crippen molar-refractivity contribution in [1.29, 1.82) is 0 Å². The molecule has 0 saturated carbocycles. The van der Waals surface area contributed by atoms with Crippen LogP contribution in [0.15, 0.2) is 41.5 Å². The fourth-order valence-corrected chi connectivity index (χ4v) is 2.88. The Balaban J connectivity index is 2.00. The first-order chi connectivity index (χ1) is 11.9. The van der Waals surface area contributed by atoms with Crippen LogP contribution in [0.5, 0.6) is 5.75 Å². The third kappa shape index (κ3) is 5.63. The second-order valence-corrected chi connectivity index (χ2v) is 6.55. The molecule has 0 aliphatic rings. The highest BCUT2D eigenvalue weighted by molar-refractivity contribution is 6.37. The zero-order valence-corrected chi connectivity index (χ0v) is 16.0. The van der Waals surface area contributed by atoms with Gasteiger partial charge in [0.15, 0.2) is 6.61 Å². The van der Waals surface area contributed by atoms with Gasteiger partial charge in [-0.15, -0.1) is 0 Å². The number of amides is 1. The van der Waals surface area contributed by atoms with E-state index in [1.807, 2.05) is 13.8 Å². The first kappa shape index (κ1) is 19.6. The maximum atomic E-state index is 12.0. The lowest BCUT2D eigenvalue weighted by Crippen LogP contribution is -2.26. The van der Waals surface area contributed by atoms with Crippen molar-refractivity contribution >= 4 is 46.4 Å². The van der Waals surface area contributed by atoms with Crippen molar-refractivity contribution in [3.8, 4) is 5.75 Å². The molecule has 0 saturated heterocycles. The Labute approximate surface area is 161 Å². The molecule has 2 aromatic rings. The number of hydrogen-bond donors (Lipinski definition) is 1. The number of benzene rings is 2. The van der Waals surface area contributed by atoms with E-state index in [-0.39, 0.29) is 12.5 Å². The van der Waals surface area contributed by atoms with E-state index in [2.05, 4.69) is 10.5 Å². The van der Waals surface area contributed by atoms with Gasteiger partial charge in [-0.3, -0.25) is 4.79 Å². The van der Waals surface area contributed by atoms with Gasteiger partial charge in [0, 0.05) is 15.6 Å². The highest BCUT2D eigenvalue weighted by Gasteiger charge is 2.09. The molecule has 1 amide bonds. The molecule has 0 radical (unpaired) electrons. The second kappa shape index (κ2) is 9.09. The van der Waals surface area contributed by atoms with Gasteiger partial charge < -0.3 is 4.74 Å². The van der Waals surface area contributed by atoms with Gasteiger partial charge in [0.25, 0.3) is 5.91 Å². The summed E-state index contributed by atoms with van der Waals surface area (Å²) >= 11 is 18.0. The quantitative estimate of drug-likeness (QED) is 0.532. The van der Waals surface area contributed by atoms with Crippen LogP contribution in [0.4, 0.5) is 0 Å². The molecule has 0 aromatic heterocycles.